The molecule has 0 saturated heterocycles. The van der Waals surface area contributed by atoms with Crippen molar-refractivity contribution in [3.05, 3.63) is 96.6 Å². The van der Waals surface area contributed by atoms with Crippen LogP contribution in [0, 0.1) is 0 Å². The topological polar surface area (TPSA) is 9.23 Å². The predicted octanol–water partition coefficient (Wildman–Crippen LogP) is 5.58. The van der Waals surface area contributed by atoms with Gasteiger partial charge in [0.05, 0.1) is 0 Å². The number of hydrogen-bond acceptors (Lipinski definition) is 1. The van der Waals surface area contributed by atoms with Crippen LogP contribution >= 0.6 is 0 Å². The van der Waals surface area contributed by atoms with Gasteiger partial charge in [0.25, 0.3) is 0 Å². The van der Waals surface area contributed by atoms with Crippen molar-refractivity contribution in [3.8, 4) is 16.9 Å². The summed E-state index contributed by atoms with van der Waals surface area (Å²) < 4.78 is 5.80. The van der Waals surface area contributed by atoms with E-state index in [0.29, 0.717) is 6.61 Å². The van der Waals surface area contributed by atoms with Gasteiger partial charge in [0.15, 0.2) is 0 Å². The van der Waals surface area contributed by atoms with E-state index in [1.807, 2.05) is 36.4 Å². The van der Waals surface area contributed by atoms with Crippen LogP contribution in [0.1, 0.15) is 11.1 Å². The number of benzene rings is 3. The van der Waals surface area contributed by atoms with Gasteiger partial charge in [-0.1, -0.05) is 79.4 Å². The quantitative estimate of drug-likeness (QED) is 0.595. The largest absolute Gasteiger partial charge is 0.489 e. The van der Waals surface area contributed by atoms with Gasteiger partial charge in [-0.3, -0.25) is 0 Å². The third-order valence-electron chi connectivity index (χ3n) is 3.58. The van der Waals surface area contributed by atoms with Crippen LogP contribution in [-0.2, 0) is 6.61 Å². The van der Waals surface area contributed by atoms with Crippen LogP contribution in [0.25, 0.3) is 17.2 Å². The summed E-state index contributed by atoms with van der Waals surface area (Å²) in [7, 11) is 0. The lowest BCUT2D eigenvalue weighted by Crippen LogP contribution is -1.95. The monoisotopic (exact) mass is 286 g/mol. The summed E-state index contributed by atoms with van der Waals surface area (Å²) in [6.07, 6.45) is 1.83. The Morgan fingerprint density at radius 1 is 0.727 bits per heavy atom. The molecule has 3 aromatic rings. The minimum Gasteiger partial charge on any atom is -0.489 e. The third kappa shape index (κ3) is 3.44. The molecular formula is C21H18O. The Kier molecular flexibility index (Phi) is 4.35. The molecule has 0 radical (unpaired) electrons. The summed E-state index contributed by atoms with van der Waals surface area (Å²) in [5.41, 5.74) is 4.71. The van der Waals surface area contributed by atoms with E-state index in [-0.39, 0.29) is 0 Å². The molecule has 3 aromatic carbocycles. The fraction of sp³-hybridized carbons (Fsp3) is 0.0476. The van der Waals surface area contributed by atoms with Crippen molar-refractivity contribution in [1.82, 2.24) is 0 Å². The molecule has 0 saturated carbocycles. The van der Waals surface area contributed by atoms with E-state index in [9.17, 15) is 0 Å². The Labute approximate surface area is 131 Å². The first-order valence-electron chi connectivity index (χ1n) is 7.35. The maximum absolute atomic E-state index is 5.80. The highest BCUT2D eigenvalue weighted by atomic mass is 16.5. The van der Waals surface area contributed by atoms with E-state index < -0.39 is 0 Å². The van der Waals surface area contributed by atoms with Crippen molar-refractivity contribution in [3.63, 3.8) is 0 Å². The first kappa shape index (κ1) is 14.2. The van der Waals surface area contributed by atoms with Gasteiger partial charge in [-0.2, -0.15) is 0 Å². The summed E-state index contributed by atoms with van der Waals surface area (Å²) in [5, 5.41) is 0. The maximum Gasteiger partial charge on any atom is 0.119 e. The number of ether oxygens (including phenoxy) is 1. The SMILES string of the molecule is C=Cc1ccc(OCc2ccc(-c3ccccc3)cc2)cc1. The van der Waals surface area contributed by atoms with Gasteiger partial charge in [0.1, 0.15) is 12.4 Å². The van der Waals surface area contributed by atoms with E-state index in [0.717, 1.165) is 16.9 Å². The van der Waals surface area contributed by atoms with Crippen molar-refractivity contribution in [2.45, 2.75) is 6.61 Å². The van der Waals surface area contributed by atoms with Gasteiger partial charge in [-0.15, -0.1) is 0 Å². The molecule has 0 bridgehead atoms. The molecule has 0 heterocycles. The molecule has 0 aromatic heterocycles. The Balaban J connectivity index is 1.64. The van der Waals surface area contributed by atoms with E-state index in [2.05, 4.69) is 55.1 Å². The average molecular weight is 286 g/mol. The van der Waals surface area contributed by atoms with Crippen LogP contribution < -0.4 is 4.74 Å². The second-order valence-electron chi connectivity index (χ2n) is 5.12. The van der Waals surface area contributed by atoms with Crippen LogP contribution in [0.5, 0.6) is 5.75 Å². The lowest BCUT2D eigenvalue weighted by molar-refractivity contribution is 0.306. The van der Waals surface area contributed by atoms with Crippen LogP contribution in [-0.4, -0.2) is 0 Å². The number of rotatable bonds is 5. The van der Waals surface area contributed by atoms with E-state index in [4.69, 9.17) is 4.74 Å². The molecule has 0 fully saturated rings. The van der Waals surface area contributed by atoms with Crippen molar-refractivity contribution in [2.75, 3.05) is 0 Å². The maximum atomic E-state index is 5.80. The van der Waals surface area contributed by atoms with Crippen LogP contribution in [0.15, 0.2) is 85.4 Å². The molecular weight excluding hydrogens is 268 g/mol. The smallest absolute Gasteiger partial charge is 0.119 e. The van der Waals surface area contributed by atoms with E-state index >= 15 is 0 Å². The summed E-state index contributed by atoms with van der Waals surface area (Å²) in [6, 6.07) is 26.8. The van der Waals surface area contributed by atoms with Crippen molar-refractivity contribution in [1.29, 1.82) is 0 Å². The van der Waals surface area contributed by atoms with Gasteiger partial charge >= 0.3 is 0 Å². The average Bonchev–Trinajstić information content (AvgIpc) is 2.61. The molecule has 1 heteroatoms. The first-order chi connectivity index (χ1) is 10.8. The molecule has 0 unspecified atom stereocenters. The minimum absolute atomic E-state index is 0.572. The zero-order valence-electron chi connectivity index (χ0n) is 12.4. The second kappa shape index (κ2) is 6.77. The van der Waals surface area contributed by atoms with Gasteiger partial charge in [0, 0.05) is 0 Å². The molecule has 0 aliphatic carbocycles. The Hall–Kier alpha value is -2.80. The molecule has 3 rings (SSSR count). The first-order valence-corrected chi connectivity index (χ1v) is 7.35. The normalized spacial score (nSPS) is 10.2. The van der Waals surface area contributed by atoms with E-state index in [1.165, 1.54) is 11.1 Å². The van der Waals surface area contributed by atoms with Gasteiger partial charge < -0.3 is 4.74 Å². The van der Waals surface area contributed by atoms with Crippen molar-refractivity contribution in [2.24, 2.45) is 0 Å². The molecule has 1 nitrogen and oxygen atoms in total. The van der Waals surface area contributed by atoms with E-state index in [1.54, 1.807) is 0 Å². The summed E-state index contributed by atoms with van der Waals surface area (Å²) >= 11 is 0. The van der Waals surface area contributed by atoms with Gasteiger partial charge in [-0.25, -0.2) is 0 Å². The molecule has 0 aliphatic heterocycles. The van der Waals surface area contributed by atoms with Crippen molar-refractivity contribution < 1.29 is 4.74 Å². The number of hydrogen-bond donors (Lipinski definition) is 0. The Morgan fingerprint density at radius 3 is 2.00 bits per heavy atom. The van der Waals surface area contributed by atoms with Crippen molar-refractivity contribution >= 4 is 6.08 Å². The fourth-order valence-electron chi connectivity index (χ4n) is 2.29. The zero-order chi connectivity index (χ0) is 15.2. The summed E-state index contributed by atoms with van der Waals surface area (Å²) in [6.45, 7) is 4.32. The molecule has 0 aliphatic rings. The summed E-state index contributed by atoms with van der Waals surface area (Å²) in [5.74, 6) is 0.873. The molecule has 0 atom stereocenters. The summed E-state index contributed by atoms with van der Waals surface area (Å²) in [4.78, 5) is 0. The highest BCUT2D eigenvalue weighted by Gasteiger charge is 1.99. The van der Waals surface area contributed by atoms with Gasteiger partial charge in [0.2, 0.25) is 0 Å². The van der Waals surface area contributed by atoms with Crippen LogP contribution in [0.2, 0.25) is 0 Å². The standard InChI is InChI=1S/C21H18O/c1-2-17-10-14-21(15-11-17)22-16-18-8-12-20(13-9-18)19-6-4-3-5-7-19/h2-15H,1,16H2. The molecule has 108 valence electrons. The lowest BCUT2D eigenvalue weighted by atomic mass is 10.0. The molecule has 0 spiro atoms. The molecule has 0 amide bonds. The molecule has 0 N–H and O–H groups in total. The highest BCUT2D eigenvalue weighted by molar-refractivity contribution is 5.63. The van der Waals surface area contributed by atoms with Crippen LogP contribution in [0.4, 0.5) is 0 Å². The van der Waals surface area contributed by atoms with Gasteiger partial charge in [-0.05, 0) is 34.4 Å². The molecule has 22 heavy (non-hydrogen) atoms. The third-order valence-corrected chi connectivity index (χ3v) is 3.58. The van der Waals surface area contributed by atoms with Crippen LogP contribution in [0.3, 0.4) is 0 Å². The minimum atomic E-state index is 0.572. The Morgan fingerprint density at radius 2 is 1.36 bits per heavy atom. The second-order valence-corrected chi connectivity index (χ2v) is 5.12. The highest BCUT2D eigenvalue weighted by Crippen LogP contribution is 2.20. The zero-order valence-corrected chi connectivity index (χ0v) is 12.4. The fourth-order valence-corrected chi connectivity index (χ4v) is 2.29. The predicted molar refractivity (Wildman–Crippen MR) is 92.7 cm³/mol. The lowest BCUT2D eigenvalue weighted by Gasteiger charge is -2.08. The Bertz CT molecular complexity index is 725.